The number of carbonyl (C=O) groups is 3. The molecule has 10 nitrogen and oxygen atoms in total. The van der Waals surface area contributed by atoms with Crippen LogP contribution in [0.2, 0.25) is 0 Å². The highest BCUT2D eigenvalue weighted by atomic mass is 32.1. The van der Waals surface area contributed by atoms with Gasteiger partial charge in [0.15, 0.2) is 10.9 Å². The number of likely N-dealkylation sites (N-methyl/N-ethyl adjacent to an activating group) is 2. The fraction of sp³-hybridized carbons (Fsp3) is 0.600. The predicted molar refractivity (Wildman–Crippen MR) is 158 cm³/mol. The topological polar surface area (TPSA) is 107 Å². The van der Waals surface area contributed by atoms with Crippen molar-refractivity contribution < 1.29 is 19.1 Å². The van der Waals surface area contributed by atoms with Crippen molar-refractivity contribution in [2.75, 3.05) is 58.3 Å². The third-order valence-electron chi connectivity index (χ3n) is 9.22. The Kier molecular flexibility index (Phi) is 8.39. The molecule has 4 fully saturated rings. The fourth-order valence-corrected chi connectivity index (χ4v) is 7.61. The summed E-state index contributed by atoms with van der Waals surface area (Å²) >= 11 is 1.65. The number of hydrogen-bond acceptors (Lipinski definition) is 9. The first-order valence-corrected chi connectivity index (χ1v) is 15.7. The van der Waals surface area contributed by atoms with Gasteiger partial charge in [0.05, 0.1) is 11.7 Å². The van der Waals surface area contributed by atoms with E-state index < -0.39 is 12.1 Å². The van der Waals surface area contributed by atoms with Crippen LogP contribution in [0.1, 0.15) is 42.5 Å². The third kappa shape index (κ3) is 5.77. The third-order valence-corrected chi connectivity index (χ3v) is 10.1. The Morgan fingerprint density at radius 2 is 1.80 bits per heavy atom. The number of benzene rings is 1. The molecule has 2 N–H and O–H groups in total. The molecule has 11 heteroatoms. The van der Waals surface area contributed by atoms with Gasteiger partial charge in [-0.3, -0.25) is 14.4 Å². The van der Waals surface area contributed by atoms with Crippen molar-refractivity contribution in [3.8, 4) is 11.3 Å². The Bertz CT molecular complexity index is 1250. The average molecular weight is 581 g/mol. The molecule has 1 aromatic carbocycles. The number of thiazole rings is 1. The van der Waals surface area contributed by atoms with E-state index in [9.17, 15) is 14.4 Å². The second-order valence-electron chi connectivity index (χ2n) is 11.8. The Balaban J connectivity index is 1.16. The van der Waals surface area contributed by atoms with Gasteiger partial charge in [-0.25, -0.2) is 4.98 Å². The molecule has 1 aromatic heterocycles. The van der Waals surface area contributed by atoms with Gasteiger partial charge < -0.3 is 30.1 Å². The number of anilines is 1. The lowest BCUT2D eigenvalue weighted by Crippen LogP contribution is -2.55. The van der Waals surface area contributed by atoms with E-state index in [1.54, 1.807) is 28.4 Å². The minimum atomic E-state index is -0.670. The van der Waals surface area contributed by atoms with Gasteiger partial charge in [0.1, 0.15) is 24.8 Å². The maximum Gasteiger partial charge on any atom is 0.251 e. The number of aromatic nitrogens is 1. The van der Waals surface area contributed by atoms with Crippen LogP contribution in [0.25, 0.3) is 11.3 Å². The highest BCUT2D eigenvalue weighted by Gasteiger charge is 2.53. The van der Waals surface area contributed by atoms with Crippen molar-refractivity contribution in [3.05, 3.63) is 35.2 Å². The number of likely N-dealkylation sites (tertiary alicyclic amines) is 1. The van der Waals surface area contributed by atoms with Gasteiger partial charge in [-0.1, -0.05) is 31.4 Å². The first kappa shape index (κ1) is 28.3. The maximum absolute atomic E-state index is 14.0. The van der Waals surface area contributed by atoms with Gasteiger partial charge in [-0.15, -0.1) is 11.3 Å². The van der Waals surface area contributed by atoms with Crippen molar-refractivity contribution >= 4 is 34.1 Å². The number of piperazine rings is 1. The van der Waals surface area contributed by atoms with Crippen LogP contribution in [0.4, 0.5) is 5.13 Å². The zero-order valence-corrected chi connectivity index (χ0v) is 24.7. The van der Waals surface area contributed by atoms with Gasteiger partial charge in [0, 0.05) is 49.2 Å². The summed E-state index contributed by atoms with van der Waals surface area (Å²) in [5.41, 5.74) is 2.36. The first-order chi connectivity index (χ1) is 19.9. The summed E-state index contributed by atoms with van der Waals surface area (Å²) in [6.07, 6.45) is 4.65. The molecular formula is C30H40N6O4S. The van der Waals surface area contributed by atoms with Crippen LogP contribution < -0.4 is 15.5 Å². The average Bonchev–Trinajstić information content (AvgIpc) is 3.74. The van der Waals surface area contributed by atoms with E-state index in [2.05, 4.69) is 32.9 Å². The maximum atomic E-state index is 14.0. The van der Waals surface area contributed by atoms with E-state index in [-0.39, 0.29) is 42.3 Å². The normalized spacial score (nSPS) is 26.3. The van der Waals surface area contributed by atoms with Gasteiger partial charge in [-0.05, 0) is 45.0 Å². The Hall–Kier alpha value is -2.86. The highest BCUT2D eigenvalue weighted by Crippen LogP contribution is 2.33. The number of nitrogens with zero attached hydrogens (tertiary/aromatic N) is 4. The van der Waals surface area contributed by atoms with Gasteiger partial charge in [0.25, 0.3) is 5.91 Å². The molecule has 41 heavy (non-hydrogen) atoms. The Morgan fingerprint density at radius 3 is 2.51 bits per heavy atom. The monoisotopic (exact) mass is 580 g/mol. The molecule has 2 aromatic rings. The molecule has 4 aliphatic rings. The lowest BCUT2D eigenvalue weighted by atomic mass is 9.83. The highest BCUT2D eigenvalue weighted by molar-refractivity contribution is 7.14. The molecule has 2 amide bonds. The molecule has 3 aliphatic heterocycles. The Morgan fingerprint density at radius 1 is 1.07 bits per heavy atom. The molecule has 4 atom stereocenters. The first-order valence-electron chi connectivity index (χ1n) is 14.9. The summed E-state index contributed by atoms with van der Waals surface area (Å²) in [5.74, 6) is -0.464. The van der Waals surface area contributed by atoms with Crippen molar-refractivity contribution in [2.45, 2.75) is 56.3 Å². The summed E-state index contributed by atoms with van der Waals surface area (Å²) < 4.78 is 5.73. The summed E-state index contributed by atoms with van der Waals surface area (Å²) in [6.45, 7) is 4.43. The van der Waals surface area contributed by atoms with Crippen LogP contribution in [-0.2, 0) is 14.3 Å². The standard InChI is InChI=1S/C30H40N6O4S/c1-31-22-16-36(26-24(37)17-40-27(22)26)29(39)25(20-6-4-3-5-7-20)33-28(38)21-10-8-19(9-11-21)23-18-41-30(32-23)35-14-12-34(2)13-15-35/h8-11,18,20,22,25-27,31H,3-7,12-17H2,1-2H3,(H,33,38)/t22-,25-,26+,27+/m0/s1. The van der Waals surface area contributed by atoms with Crippen molar-refractivity contribution in [3.63, 3.8) is 0 Å². The van der Waals surface area contributed by atoms with Gasteiger partial charge in [-0.2, -0.15) is 0 Å². The molecule has 6 rings (SSSR count). The number of ether oxygens (including phenoxy) is 1. The van der Waals surface area contributed by atoms with E-state index in [0.717, 1.165) is 74.7 Å². The fourth-order valence-electron chi connectivity index (χ4n) is 6.72. The number of amides is 2. The largest absolute Gasteiger partial charge is 0.366 e. The molecule has 0 unspecified atom stereocenters. The van der Waals surface area contributed by atoms with E-state index >= 15 is 0 Å². The molecule has 0 spiro atoms. The molecule has 220 valence electrons. The second-order valence-corrected chi connectivity index (χ2v) is 12.6. The number of nitrogens with one attached hydrogen (secondary N) is 2. The SMILES string of the molecule is CN[C@H]1CN(C(=O)[C@@H](NC(=O)c2ccc(-c3csc(N4CCN(C)CC4)n3)cc2)C2CCCCC2)[C@@H]2C(=O)CO[C@H]12. The number of ketones is 1. The lowest BCUT2D eigenvalue weighted by Gasteiger charge is -2.34. The van der Waals surface area contributed by atoms with Gasteiger partial charge in [0.2, 0.25) is 5.91 Å². The zero-order chi connectivity index (χ0) is 28.5. The van der Waals surface area contributed by atoms with E-state index in [4.69, 9.17) is 9.72 Å². The molecule has 4 heterocycles. The quantitative estimate of drug-likeness (QED) is 0.513. The van der Waals surface area contributed by atoms with Crippen LogP contribution in [0.15, 0.2) is 29.6 Å². The number of rotatable bonds is 7. The van der Waals surface area contributed by atoms with Gasteiger partial charge >= 0.3 is 0 Å². The molecular weight excluding hydrogens is 540 g/mol. The number of carbonyl (C=O) groups excluding carboxylic acids is 3. The Labute approximate surface area is 245 Å². The summed E-state index contributed by atoms with van der Waals surface area (Å²) in [5, 5.41) is 9.38. The molecule has 0 bridgehead atoms. The summed E-state index contributed by atoms with van der Waals surface area (Å²) in [7, 11) is 3.97. The van der Waals surface area contributed by atoms with E-state index in [1.165, 1.54) is 0 Å². The number of hydrogen-bond donors (Lipinski definition) is 2. The van der Waals surface area contributed by atoms with Crippen LogP contribution in [0, 0.1) is 5.92 Å². The summed E-state index contributed by atoms with van der Waals surface area (Å²) in [4.78, 5) is 51.4. The lowest BCUT2D eigenvalue weighted by molar-refractivity contribution is -0.139. The van der Waals surface area contributed by atoms with E-state index in [0.29, 0.717) is 12.1 Å². The second kappa shape index (κ2) is 12.2. The zero-order valence-electron chi connectivity index (χ0n) is 23.9. The molecule has 0 radical (unpaired) electrons. The van der Waals surface area contributed by atoms with Crippen molar-refractivity contribution in [1.29, 1.82) is 0 Å². The molecule has 3 saturated heterocycles. The van der Waals surface area contributed by atoms with Crippen LogP contribution >= 0.6 is 11.3 Å². The van der Waals surface area contributed by atoms with Crippen LogP contribution in [0.3, 0.4) is 0 Å². The summed E-state index contributed by atoms with van der Waals surface area (Å²) in [6, 6.07) is 6.10. The number of fused-ring (bicyclic) bond motifs is 1. The van der Waals surface area contributed by atoms with Crippen molar-refractivity contribution in [2.24, 2.45) is 5.92 Å². The van der Waals surface area contributed by atoms with Crippen molar-refractivity contribution in [1.82, 2.24) is 25.4 Å². The predicted octanol–water partition coefficient (Wildman–Crippen LogP) is 2.01. The molecule has 1 saturated carbocycles. The smallest absolute Gasteiger partial charge is 0.251 e. The number of Topliss-reactive ketones (excluding diaryl/α,β-unsaturated/α-hetero) is 1. The van der Waals surface area contributed by atoms with Crippen LogP contribution in [0.5, 0.6) is 0 Å². The minimum Gasteiger partial charge on any atom is -0.366 e. The minimum absolute atomic E-state index is 0.0277. The van der Waals surface area contributed by atoms with Crippen LogP contribution in [-0.4, -0.2) is 110 Å². The van der Waals surface area contributed by atoms with E-state index in [1.807, 2.05) is 19.2 Å². The molecule has 1 aliphatic carbocycles.